The summed E-state index contributed by atoms with van der Waals surface area (Å²) >= 11 is 5.95. The topological polar surface area (TPSA) is 54.1 Å². The van der Waals surface area contributed by atoms with Gasteiger partial charge in [-0.1, -0.05) is 23.7 Å². The molecule has 0 aliphatic carbocycles. The van der Waals surface area contributed by atoms with E-state index in [2.05, 4.69) is 41.0 Å². The Morgan fingerprint density at radius 1 is 1.13 bits per heavy atom. The maximum absolute atomic E-state index is 9.19. The van der Waals surface area contributed by atoms with Gasteiger partial charge in [-0.2, -0.15) is 10.5 Å². The quantitative estimate of drug-likeness (QED) is 0.801. The summed E-state index contributed by atoms with van der Waals surface area (Å²) in [6.45, 7) is 6.96. The Labute approximate surface area is 143 Å². The van der Waals surface area contributed by atoms with E-state index >= 15 is 0 Å². The summed E-state index contributed by atoms with van der Waals surface area (Å²) in [5.41, 5.74) is 1.28. The molecule has 1 fully saturated rings. The molecule has 5 heteroatoms. The molecule has 4 nitrogen and oxygen atoms in total. The standard InChI is InChI=1S/C18H23ClN4/c1-15(17-4-6-18(19)7-5-17)23-11-9-22(10-12-23)14-16(13-21)3-2-8-20/h4-7,15-16H,2-3,9-12,14H2,1H3/t15-,16-/m1/s1. The second kappa shape index (κ2) is 8.89. The van der Waals surface area contributed by atoms with Gasteiger partial charge in [-0.15, -0.1) is 0 Å². The lowest BCUT2D eigenvalue weighted by Crippen LogP contribution is -2.48. The van der Waals surface area contributed by atoms with Gasteiger partial charge in [-0.25, -0.2) is 0 Å². The van der Waals surface area contributed by atoms with Crippen LogP contribution in [0.5, 0.6) is 0 Å². The van der Waals surface area contributed by atoms with Crippen LogP contribution in [0, 0.1) is 28.6 Å². The van der Waals surface area contributed by atoms with E-state index in [-0.39, 0.29) is 5.92 Å². The van der Waals surface area contributed by atoms with Crippen LogP contribution in [0.25, 0.3) is 0 Å². The minimum absolute atomic E-state index is 0.0325. The van der Waals surface area contributed by atoms with Crippen LogP contribution in [0.1, 0.15) is 31.4 Å². The molecule has 1 saturated heterocycles. The number of hydrogen-bond acceptors (Lipinski definition) is 4. The maximum Gasteiger partial charge on any atom is 0.0669 e. The number of nitriles is 2. The van der Waals surface area contributed by atoms with Gasteiger partial charge in [-0.3, -0.25) is 9.80 Å². The number of rotatable bonds is 6. The molecule has 1 aliphatic rings. The van der Waals surface area contributed by atoms with E-state index in [1.54, 1.807) is 0 Å². The fourth-order valence-corrected chi connectivity index (χ4v) is 3.16. The van der Waals surface area contributed by atoms with Crippen molar-refractivity contribution in [2.75, 3.05) is 32.7 Å². The van der Waals surface area contributed by atoms with E-state index in [4.69, 9.17) is 16.9 Å². The highest BCUT2D eigenvalue weighted by atomic mass is 35.5. The molecule has 1 aromatic rings. The first-order valence-electron chi connectivity index (χ1n) is 8.12. The highest BCUT2D eigenvalue weighted by Crippen LogP contribution is 2.23. The van der Waals surface area contributed by atoms with Crippen LogP contribution in [0.15, 0.2) is 24.3 Å². The Balaban J connectivity index is 1.82. The van der Waals surface area contributed by atoms with Crippen molar-refractivity contribution in [3.63, 3.8) is 0 Å². The third-order valence-corrected chi connectivity index (χ3v) is 4.82. The maximum atomic E-state index is 9.19. The van der Waals surface area contributed by atoms with E-state index in [1.807, 2.05) is 12.1 Å². The minimum Gasteiger partial charge on any atom is -0.299 e. The number of halogens is 1. The van der Waals surface area contributed by atoms with Gasteiger partial charge in [0.2, 0.25) is 0 Å². The summed E-state index contributed by atoms with van der Waals surface area (Å²) in [6, 6.07) is 12.9. The smallest absolute Gasteiger partial charge is 0.0669 e. The van der Waals surface area contributed by atoms with Crippen LogP contribution < -0.4 is 0 Å². The van der Waals surface area contributed by atoms with Gasteiger partial charge >= 0.3 is 0 Å². The van der Waals surface area contributed by atoms with Crippen LogP contribution in [0.4, 0.5) is 0 Å². The fourth-order valence-electron chi connectivity index (χ4n) is 3.03. The zero-order chi connectivity index (χ0) is 16.7. The molecule has 0 N–H and O–H groups in total. The van der Waals surface area contributed by atoms with Crippen molar-refractivity contribution in [1.29, 1.82) is 10.5 Å². The molecule has 0 aromatic heterocycles. The van der Waals surface area contributed by atoms with Gasteiger partial charge in [0, 0.05) is 50.2 Å². The first-order valence-corrected chi connectivity index (χ1v) is 8.50. The molecule has 0 spiro atoms. The van der Waals surface area contributed by atoms with Crippen LogP contribution in [0.3, 0.4) is 0 Å². The van der Waals surface area contributed by atoms with Crippen molar-refractivity contribution in [2.24, 2.45) is 5.92 Å². The van der Waals surface area contributed by atoms with Gasteiger partial charge in [0.05, 0.1) is 18.1 Å². The van der Waals surface area contributed by atoms with Crippen molar-refractivity contribution in [3.8, 4) is 12.1 Å². The third-order valence-electron chi connectivity index (χ3n) is 4.57. The highest BCUT2D eigenvalue weighted by Gasteiger charge is 2.23. The summed E-state index contributed by atoms with van der Waals surface area (Å²) in [4.78, 5) is 4.81. The minimum atomic E-state index is -0.0325. The van der Waals surface area contributed by atoms with Crippen molar-refractivity contribution in [3.05, 3.63) is 34.9 Å². The van der Waals surface area contributed by atoms with Gasteiger partial charge in [-0.05, 0) is 31.0 Å². The lowest BCUT2D eigenvalue weighted by atomic mass is 10.0. The highest BCUT2D eigenvalue weighted by molar-refractivity contribution is 6.30. The molecule has 2 atom stereocenters. The van der Waals surface area contributed by atoms with Crippen molar-refractivity contribution in [1.82, 2.24) is 9.80 Å². The Hall–Kier alpha value is -1.59. The van der Waals surface area contributed by atoms with Crippen molar-refractivity contribution >= 4 is 11.6 Å². The molecule has 122 valence electrons. The zero-order valence-corrected chi connectivity index (χ0v) is 14.3. The molecule has 0 amide bonds. The number of benzene rings is 1. The second-order valence-electron chi connectivity index (χ2n) is 6.09. The molecule has 0 bridgehead atoms. The normalized spacial score (nSPS) is 18.8. The first kappa shape index (κ1) is 17.8. The monoisotopic (exact) mass is 330 g/mol. The number of nitrogens with zero attached hydrogens (tertiary/aromatic N) is 4. The lowest BCUT2D eigenvalue weighted by molar-refractivity contribution is 0.0955. The van der Waals surface area contributed by atoms with Gasteiger partial charge in [0.1, 0.15) is 0 Å². The summed E-state index contributed by atoms with van der Waals surface area (Å²) < 4.78 is 0. The average molecular weight is 331 g/mol. The molecule has 1 aromatic carbocycles. The lowest BCUT2D eigenvalue weighted by Gasteiger charge is -2.38. The molecule has 0 unspecified atom stereocenters. The summed E-state index contributed by atoms with van der Waals surface area (Å²) in [7, 11) is 0. The molecule has 2 rings (SSSR count). The van der Waals surface area contributed by atoms with Crippen LogP contribution >= 0.6 is 11.6 Å². The average Bonchev–Trinajstić information content (AvgIpc) is 2.59. The van der Waals surface area contributed by atoms with Crippen LogP contribution in [-0.2, 0) is 0 Å². The largest absolute Gasteiger partial charge is 0.299 e. The molecule has 0 saturated carbocycles. The third kappa shape index (κ3) is 5.22. The van der Waals surface area contributed by atoms with E-state index in [0.717, 1.165) is 37.7 Å². The van der Waals surface area contributed by atoms with E-state index in [1.165, 1.54) is 5.56 Å². The van der Waals surface area contributed by atoms with E-state index in [9.17, 15) is 5.26 Å². The molecule has 1 heterocycles. The zero-order valence-electron chi connectivity index (χ0n) is 13.6. The Kier molecular flexibility index (Phi) is 6.86. The second-order valence-corrected chi connectivity index (χ2v) is 6.52. The SMILES string of the molecule is C[C@H](c1ccc(Cl)cc1)N1CCN(C[C@@H](C#N)CCC#N)CC1. The fraction of sp³-hybridized carbons (Fsp3) is 0.556. The van der Waals surface area contributed by atoms with Gasteiger partial charge in [0.15, 0.2) is 0 Å². The van der Waals surface area contributed by atoms with Gasteiger partial charge in [0.25, 0.3) is 0 Å². The number of hydrogen-bond donors (Lipinski definition) is 0. The number of piperazine rings is 1. The molecular weight excluding hydrogens is 308 g/mol. The summed E-state index contributed by atoms with van der Waals surface area (Å²) in [5, 5.41) is 18.6. The first-order chi connectivity index (χ1) is 11.1. The summed E-state index contributed by atoms with van der Waals surface area (Å²) in [5.74, 6) is -0.0325. The van der Waals surface area contributed by atoms with E-state index < -0.39 is 0 Å². The predicted molar refractivity (Wildman–Crippen MR) is 91.8 cm³/mol. The van der Waals surface area contributed by atoms with Gasteiger partial charge < -0.3 is 0 Å². The van der Waals surface area contributed by atoms with Crippen molar-refractivity contribution < 1.29 is 0 Å². The molecule has 23 heavy (non-hydrogen) atoms. The predicted octanol–water partition coefficient (Wildman–Crippen LogP) is 3.46. The molecular formula is C18H23ClN4. The van der Waals surface area contributed by atoms with E-state index in [0.29, 0.717) is 18.9 Å². The Morgan fingerprint density at radius 2 is 1.78 bits per heavy atom. The van der Waals surface area contributed by atoms with Crippen LogP contribution in [-0.4, -0.2) is 42.5 Å². The molecule has 0 radical (unpaired) electrons. The summed E-state index contributed by atoms with van der Waals surface area (Å²) in [6.07, 6.45) is 1.14. The Morgan fingerprint density at radius 3 is 2.35 bits per heavy atom. The van der Waals surface area contributed by atoms with Crippen LogP contribution in [0.2, 0.25) is 5.02 Å². The Bertz CT molecular complexity index is 564. The van der Waals surface area contributed by atoms with Crippen molar-refractivity contribution in [2.45, 2.75) is 25.8 Å². The molecule has 1 aliphatic heterocycles.